The van der Waals surface area contributed by atoms with Gasteiger partial charge in [0.2, 0.25) is 0 Å². The summed E-state index contributed by atoms with van der Waals surface area (Å²) in [4.78, 5) is 15.9. The summed E-state index contributed by atoms with van der Waals surface area (Å²) in [7, 11) is 0. The molecule has 0 aliphatic carbocycles. The molecule has 1 aromatic carbocycles. The fourth-order valence-electron chi connectivity index (χ4n) is 2.60. The number of nitrogens with one attached hydrogen (secondary N) is 1. The van der Waals surface area contributed by atoms with Crippen molar-refractivity contribution in [2.45, 2.75) is 30.7 Å². The van der Waals surface area contributed by atoms with Crippen LogP contribution in [-0.4, -0.2) is 42.7 Å². The van der Waals surface area contributed by atoms with Gasteiger partial charge in [0.15, 0.2) is 0 Å². The Kier molecular flexibility index (Phi) is 5.28. The van der Waals surface area contributed by atoms with Gasteiger partial charge < -0.3 is 10.2 Å². The molecule has 1 aliphatic rings. The van der Waals surface area contributed by atoms with E-state index in [-0.39, 0.29) is 5.91 Å². The van der Waals surface area contributed by atoms with Gasteiger partial charge in [0.1, 0.15) is 0 Å². The molecule has 1 saturated heterocycles. The van der Waals surface area contributed by atoms with E-state index in [2.05, 4.69) is 17.1 Å². The second-order valence-corrected chi connectivity index (χ2v) is 5.69. The van der Waals surface area contributed by atoms with E-state index >= 15 is 0 Å². The van der Waals surface area contributed by atoms with Crippen molar-refractivity contribution < 1.29 is 4.79 Å². The average Bonchev–Trinajstić information content (AvgIpc) is 2.47. The molecule has 0 spiro atoms. The Morgan fingerprint density at radius 2 is 2.26 bits per heavy atom. The molecule has 0 aromatic heterocycles. The lowest BCUT2D eigenvalue weighted by molar-refractivity contribution is 0.0621. The van der Waals surface area contributed by atoms with Crippen LogP contribution < -0.4 is 5.32 Å². The molecule has 2 rings (SSSR count). The van der Waals surface area contributed by atoms with Crippen molar-refractivity contribution in [3.8, 4) is 0 Å². The monoisotopic (exact) mass is 278 g/mol. The molecule has 3 nitrogen and oxygen atoms in total. The molecule has 0 radical (unpaired) electrons. The predicted molar refractivity (Wildman–Crippen MR) is 80.8 cm³/mol. The zero-order valence-electron chi connectivity index (χ0n) is 11.7. The van der Waals surface area contributed by atoms with Crippen molar-refractivity contribution in [1.29, 1.82) is 0 Å². The van der Waals surface area contributed by atoms with Crippen molar-refractivity contribution >= 4 is 17.7 Å². The zero-order chi connectivity index (χ0) is 13.7. The van der Waals surface area contributed by atoms with Crippen LogP contribution in [-0.2, 0) is 0 Å². The molecule has 1 atom stereocenters. The number of hydrogen-bond donors (Lipinski definition) is 1. The van der Waals surface area contributed by atoms with E-state index in [1.807, 2.05) is 30.5 Å². The molecule has 104 valence electrons. The van der Waals surface area contributed by atoms with Gasteiger partial charge in [-0.15, -0.1) is 11.8 Å². The first-order valence-electron chi connectivity index (χ1n) is 6.92. The summed E-state index contributed by atoms with van der Waals surface area (Å²) < 4.78 is 0. The van der Waals surface area contributed by atoms with Crippen LogP contribution in [0.3, 0.4) is 0 Å². The van der Waals surface area contributed by atoms with Gasteiger partial charge in [0.25, 0.3) is 5.91 Å². The number of nitrogens with zero attached hydrogens (tertiary/aromatic N) is 1. The quantitative estimate of drug-likeness (QED) is 0.859. The summed E-state index contributed by atoms with van der Waals surface area (Å²) in [5.41, 5.74) is 0.845. The highest BCUT2D eigenvalue weighted by atomic mass is 32.2. The lowest BCUT2D eigenvalue weighted by Gasteiger charge is -2.36. The Labute approximate surface area is 119 Å². The Morgan fingerprint density at radius 3 is 3.00 bits per heavy atom. The number of piperazine rings is 1. The van der Waals surface area contributed by atoms with Crippen LogP contribution >= 0.6 is 11.8 Å². The third-order valence-electron chi connectivity index (χ3n) is 3.57. The summed E-state index contributed by atoms with van der Waals surface area (Å²) in [6.07, 6.45) is 4.20. The second-order valence-electron chi connectivity index (χ2n) is 4.85. The number of rotatable bonds is 4. The molecule has 1 heterocycles. The number of carbonyl (C=O) groups excluding carboxylic acids is 1. The molecule has 1 amide bonds. The molecule has 1 fully saturated rings. The molecule has 1 aliphatic heterocycles. The maximum atomic E-state index is 12.7. The van der Waals surface area contributed by atoms with Crippen LogP contribution in [0.4, 0.5) is 0 Å². The third kappa shape index (κ3) is 3.31. The van der Waals surface area contributed by atoms with E-state index in [0.717, 1.165) is 42.9 Å². The van der Waals surface area contributed by atoms with Crippen LogP contribution in [0.2, 0.25) is 0 Å². The Balaban J connectivity index is 2.21. The first kappa shape index (κ1) is 14.4. The average molecular weight is 278 g/mol. The van der Waals surface area contributed by atoms with Crippen LogP contribution in [0, 0.1) is 0 Å². The summed E-state index contributed by atoms with van der Waals surface area (Å²) >= 11 is 1.64. The summed E-state index contributed by atoms with van der Waals surface area (Å²) in [6, 6.07) is 8.24. The fourth-order valence-corrected chi connectivity index (χ4v) is 3.19. The van der Waals surface area contributed by atoms with Crippen molar-refractivity contribution in [3.05, 3.63) is 29.8 Å². The molecular formula is C15H22N2OS. The van der Waals surface area contributed by atoms with Gasteiger partial charge in [-0.05, 0) is 24.8 Å². The lowest BCUT2D eigenvalue weighted by Crippen LogP contribution is -2.53. The normalized spacial score (nSPS) is 19.5. The first-order chi connectivity index (χ1) is 9.27. The number of amides is 1. The van der Waals surface area contributed by atoms with E-state index in [4.69, 9.17) is 0 Å². The van der Waals surface area contributed by atoms with Gasteiger partial charge in [-0.3, -0.25) is 4.79 Å². The van der Waals surface area contributed by atoms with Gasteiger partial charge >= 0.3 is 0 Å². The van der Waals surface area contributed by atoms with Gasteiger partial charge in [-0.2, -0.15) is 0 Å². The van der Waals surface area contributed by atoms with Gasteiger partial charge in [-0.25, -0.2) is 0 Å². The SMILES string of the molecule is CCCC1CNCCN1C(=O)c1ccccc1SC. The van der Waals surface area contributed by atoms with E-state index in [9.17, 15) is 4.79 Å². The smallest absolute Gasteiger partial charge is 0.255 e. The largest absolute Gasteiger partial charge is 0.333 e. The van der Waals surface area contributed by atoms with Crippen molar-refractivity contribution in [3.63, 3.8) is 0 Å². The molecular weight excluding hydrogens is 256 g/mol. The summed E-state index contributed by atoms with van der Waals surface area (Å²) in [5.74, 6) is 0.185. The zero-order valence-corrected chi connectivity index (χ0v) is 12.5. The maximum absolute atomic E-state index is 12.7. The van der Waals surface area contributed by atoms with E-state index < -0.39 is 0 Å². The maximum Gasteiger partial charge on any atom is 0.255 e. The number of hydrogen-bond acceptors (Lipinski definition) is 3. The van der Waals surface area contributed by atoms with Gasteiger partial charge in [0.05, 0.1) is 5.56 Å². The molecule has 1 unspecified atom stereocenters. The standard InChI is InChI=1S/C15H22N2OS/c1-3-6-12-11-16-9-10-17(12)15(18)13-7-4-5-8-14(13)19-2/h4-5,7-8,12,16H,3,6,9-11H2,1-2H3. The van der Waals surface area contributed by atoms with E-state index in [0.29, 0.717) is 6.04 Å². The Hall–Kier alpha value is -1.00. The molecule has 1 aromatic rings. The number of benzene rings is 1. The van der Waals surface area contributed by atoms with Crippen molar-refractivity contribution in [2.24, 2.45) is 0 Å². The molecule has 4 heteroatoms. The predicted octanol–water partition coefficient (Wildman–Crippen LogP) is 2.62. The third-order valence-corrected chi connectivity index (χ3v) is 4.37. The molecule has 19 heavy (non-hydrogen) atoms. The van der Waals surface area contributed by atoms with E-state index in [1.54, 1.807) is 11.8 Å². The van der Waals surface area contributed by atoms with Crippen LogP contribution in [0.15, 0.2) is 29.2 Å². The first-order valence-corrected chi connectivity index (χ1v) is 8.15. The number of thioether (sulfide) groups is 1. The Bertz CT molecular complexity index is 434. The summed E-state index contributed by atoms with van der Waals surface area (Å²) in [6.45, 7) is 4.80. The van der Waals surface area contributed by atoms with Crippen molar-refractivity contribution in [2.75, 3.05) is 25.9 Å². The highest BCUT2D eigenvalue weighted by Crippen LogP contribution is 2.23. The minimum absolute atomic E-state index is 0.185. The topological polar surface area (TPSA) is 32.3 Å². The molecule has 1 N–H and O–H groups in total. The van der Waals surface area contributed by atoms with Gasteiger partial charge in [-0.1, -0.05) is 25.5 Å². The van der Waals surface area contributed by atoms with E-state index in [1.165, 1.54) is 0 Å². The van der Waals surface area contributed by atoms with Crippen LogP contribution in [0.25, 0.3) is 0 Å². The second kappa shape index (κ2) is 6.96. The summed E-state index contributed by atoms with van der Waals surface area (Å²) in [5, 5.41) is 3.39. The van der Waals surface area contributed by atoms with Gasteiger partial charge in [0, 0.05) is 30.6 Å². The minimum Gasteiger partial charge on any atom is -0.333 e. The molecule has 0 saturated carbocycles. The Morgan fingerprint density at radius 1 is 1.47 bits per heavy atom. The fraction of sp³-hybridized carbons (Fsp3) is 0.533. The number of carbonyl (C=O) groups is 1. The highest BCUT2D eigenvalue weighted by Gasteiger charge is 2.27. The van der Waals surface area contributed by atoms with Crippen LogP contribution in [0.5, 0.6) is 0 Å². The van der Waals surface area contributed by atoms with Crippen molar-refractivity contribution in [1.82, 2.24) is 10.2 Å². The highest BCUT2D eigenvalue weighted by molar-refractivity contribution is 7.98. The lowest BCUT2D eigenvalue weighted by atomic mass is 10.1. The minimum atomic E-state index is 0.185. The van der Waals surface area contributed by atoms with Crippen LogP contribution in [0.1, 0.15) is 30.1 Å². The molecule has 0 bridgehead atoms.